The Hall–Kier alpha value is 0.799. The quantitative estimate of drug-likeness (QED) is 0.0421. The molecule has 59 heavy (non-hydrogen) atoms. The molecule has 0 rings (SSSR count). The molecule has 0 nitrogen and oxygen atoms in total. The van der Waals surface area contributed by atoms with E-state index in [-0.39, 0.29) is 0 Å². The number of hydrogen-bond acceptors (Lipinski definition) is 0. The predicted molar refractivity (Wildman–Crippen MR) is 279 cm³/mol. The van der Waals surface area contributed by atoms with Crippen molar-refractivity contribution in [1.29, 1.82) is 0 Å². The first-order valence-corrected chi connectivity index (χ1v) is 37.3. The van der Waals surface area contributed by atoms with Gasteiger partial charge in [0.15, 0.2) is 0 Å². The first kappa shape index (κ1) is 59.8. The third-order valence-electron chi connectivity index (χ3n) is 14.7. The molecule has 0 fully saturated rings. The van der Waals surface area contributed by atoms with Crippen molar-refractivity contribution in [3.8, 4) is 0 Å². The summed E-state index contributed by atoms with van der Waals surface area (Å²) in [5.41, 5.74) is 0. The Balaban J connectivity index is 4.40. The van der Waals surface area contributed by atoms with E-state index in [1.807, 2.05) is 0 Å². The molecule has 0 N–H and O–H groups in total. The van der Waals surface area contributed by atoms with Gasteiger partial charge in [0.25, 0.3) is 0 Å². The van der Waals surface area contributed by atoms with Crippen LogP contribution in [-0.4, -0.2) is 18.4 Å². The van der Waals surface area contributed by atoms with Crippen LogP contribution in [0, 0.1) is 0 Å². The summed E-state index contributed by atoms with van der Waals surface area (Å²) in [5, 5.41) is 0. The summed E-state index contributed by atoms with van der Waals surface area (Å²) >= 11 is -2.06. The third-order valence-corrected chi connectivity index (χ3v) is 30.9. The van der Waals surface area contributed by atoms with Crippen molar-refractivity contribution in [2.45, 2.75) is 366 Å². The molecule has 0 heterocycles. The molecule has 1 heteroatoms. The molecule has 0 aromatic rings. The Morgan fingerprint density at radius 3 is 0.407 bits per heavy atom. The Morgan fingerprint density at radius 1 is 0.136 bits per heavy atom. The van der Waals surface area contributed by atoms with Crippen molar-refractivity contribution in [3.05, 3.63) is 0 Å². The van der Waals surface area contributed by atoms with Gasteiger partial charge in [0.2, 0.25) is 0 Å². The van der Waals surface area contributed by atoms with Crippen molar-refractivity contribution < 1.29 is 0 Å². The van der Waals surface area contributed by atoms with E-state index in [4.69, 9.17) is 0 Å². The molecule has 0 radical (unpaired) electrons. The van der Waals surface area contributed by atoms with Crippen LogP contribution in [0.1, 0.15) is 349 Å². The molecule has 0 unspecified atom stereocenters. The average molecular weight is 936 g/mol. The van der Waals surface area contributed by atoms with Gasteiger partial charge in [0.05, 0.1) is 0 Å². The van der Waals surface area contributed by atoms with Crippen molar-refractivity contribution in [3.63, 3.8) is 0 Å². The molecule has 0 saturated carbocycles. The Morgan fingerprint density at radius 2 is 0.254 bits per heavy atom. The molecule has 0 bridgehead atoms. The van der Waals surface area contributed by atoms with Gasteiger partial charge in [-0.25, -0.2) is 0 Å². The van der Waals surface area contributed by atoms with E-state index in [0.717, 1.165) is 0 Å². The second kappa shape index (κ2) is 53.1. The summed E-state index contributed by atoms with van der Waals surface area (Å²) < 4.78 is 7.00. The van der Waals surface area contributed by atoms with Crippen molar-refractivity contribution in [2.75, 3.05) is 0 Å². The van der Waals surface area contributed by atoms with E-state index in [0.29, 0.717) is 0 Å². The third kappa shape index (κ3) is 48.1. The van der Waals surface area contributed by atoms with Crippen LogP contribution in [-0.2, 0) is 0 Å². The summed E-state index contributed by atoms with van der Waals surface area (Å²) in [4.78, 5) is 0. The summed E-state index contributed by atoms with van der Waals surface area (Å²) in [7, 11) is 0. The summed E-state index contributed by atoms with van der Waals surface area (Å²) in [6.07, 6.45) is 75.0. The van der Waals surface area contributed by atoms with E-state index in [2.05, 4.69) is 27.7 Å². The number of unbranched alkanes of at least 4 members (excludes halogenated alkanes) is 46. The molecule has 0 atom stereocenters. The fourth-order valence-corrected chi connectivity index (χ4v) is 26.4. The van der Waals surface area contributed by atoms with Gasteiger partial charge in [-0.05, 0) is 0 Å². The maximum atomic E-state index is 2.48. The zero-order valence-corrected chi connectivity index (χ0v) is 45.5. The summed E-state index contributed by atoms with van der Waals surface area (Å²) in [5.74, 6) is 0. The van der Waals surface area contributed by atoms with Crippen molar-refractivity contribution >= 4 is 18.4 Å². The molecule has 0 aliphatic heterocycles. The first-order valence-electron chi connectivity index (χ1n) is 29.2. The van der Waals surface area contributed by atoms with Crippen LogP contribution in [0.4, 0.5) is 0 Å². The average Bonchev–Trinajstić information content (AvgIpc) is 3.25. The minimum Gasteiger partial charge on any atom is -0.0654 e. The predicted octanol–water partition coefficient (Wildman–Crippen LogP) is 23.0. The normalized spacial score (nSPS) is 12.0. The standard InChI is InChI=1S/3C18H37.C4H9.Sn/c3*1-3-5-7-9-11-13-15-17-18-16-14-12-10-8-6-4-2;1-3-4-2;/h3*1,3-18H2,2H3;1,3-4H2,2H3;. The Bertz CT molecular complexity index is 626. The molecule has 0 aromatic carbocycles. The zero-order valence-electron chi connectivity index (χ0n) is 42.7. The molecule has 356 valence electrons. The summed E-state index contributed by atoms with van der Waals surface area (Å²) in [6, 6.07) is 0. The van der Waals surface area contributed by atoms with Crippen LogP contribution in [0.2, 0.25) is 17.7 Å². The van der Waals surface area contributed by atoms with Crippen LogP contribution in [0.5, 0.6) is 0 Å². The monoisotopic (exact) mass is 937 g/mol. The molecule has 0 saturated heterocycles. The second-order valence-corrected chi connectivity index (χ2v) is 35.0. The van der Waals surface area contributed by atoms with E-state index >= 15 is 0 Å². The van der Waals surface area contributed by atoms with E-state index in [1.54, 1.807) is 62.7 Å². The fraction of sp³-hybridized carbons (Fsp3) is 1.00. The van der Waals surface area contributed by atoms with Gasteiger partial charge >= 0.3 is 268 Å². The van der Waals surface area contributed by atoms with Crippen molar-refractivity contribution in [1.82, 2.24) is 0 Å². The van der Waals surface area contributed by atoms with Crippen LogP contribution in [0.25, 0.3) is 0 Å². The second-order valence-electron chi connectivity index (χ2n) is 20.8. The van der Waals surface area contributed by atoms with Gasteiger partial charge < -0.3 is 0 Å². The maximum absolute atomic E-state index is 2.48. The fourth-order valence-electron chi connectivity index (χ4n) is 10.4. The molecular formula is C58H120Sn. The van der Waals surface area contributed by atoms with Gasteiger partial charge in [0.1, 0.15) is 0 Å². The SMILES string of the molecule is CCCCCCCCCCCCCCCCC[CH2][Sn]([CH2]CCC)([CH2]CCCCCCCCCCCCCCCCC)[CH2]CCCCCCCCCCCCCCCCC. The van der Waals surface area contributed by atoms with Crippen LogP contribution in [0.3, 0.4) is 0 Å². The van der Waals surface area contributed by atoms with Gasteiger partial charge in [-0.15, -0.1) is 0 Å². The molecule has 0 aromatic heterocycles. The minimum absolute atomic E-state index is 1.38. The zero-order chi connectivity index (χ0) is 42.7. The number of rotatable bonds is 54. The van der Waals surface area contributed by atoms with E-state index in [1.165, 1.54) is 276 Å². The Labute approximate surface area is 382 Å². The molecule has 0 aliphatic carbocycles. The van der Waals surface area contributed by atoms with Gasteiger partial charge in [0, 0.05) is 0 Å². The molecule has 0 aliphatic rings. The van der Waals surface area contributed by atoms with Gasteiger partial charge in [-0.1, -0.05) is 117 Å². The smallest absolute Gasteiger partial charge is 0.0654 e. The van der Waals surface area contributed by atoms with Gasteiger partial charge in [-0.2, -0.15) is 0 Å². The van der Waals surface area contributed by atoms with E-state index in [9.17, 15) is 0 Å². The van der Waals surface area contributed by atoms with Crippen LogP contribution >= 0.6 is 0 Å². The first-order chi connectivity index (χ1) is 29.2. The van der Waals surface area contributed by atoms with Crippen LogP contribution in [0.15, 0.2) is 0 Å². The number of hydrogen-bond donors (Lipinski definition) is 0. The molecular weight excluding hydrogens is 815 g/mol. The van der Waals surface area contributed by atoms with Crippen molar-refractivity contribution in [2.24, 2.45) is 0 Å². The topological polar surface area (TPSA) is 0 Å². The molecule has 0 spiro atoms. The van der Waals surface area contributed by atoms with Crippen LogP contribution < -0.4 is 0 Å². The summed E-state index contributed by atoms with van der Waals surface area (Å²) in [6.45, 7) is 9.46. The van der Waals surface area contributed by atoms with E-state index < -0.39 is 18.4 Å². The minimum atomic E-state index is -2.06. The Kier molecular flexibility index (Phi) is 53.9. The molecule has 0 amide bonds. The van der Waals surface area contributed by atoms with Gasteiger partial charge in [-0.3, -0.25) is 0 Å².